The molecule has 18 heavy (non-hydrogen) atoms. The third kappa shape index (κ3) is 3.89. The molecule has 1 atom stereocenters. The molecule has 0 amide bonds. The zero-order chi connectivity index (χ0) is 13.7. The lowest BCUT2D eigenvalue weighted by atomic mass is 10.2. The average molecular weight is 319 g/mol. The summed E-state index contributed by atoms with van der Waals surface area (Å²) in [6.45, 7) is 3.88. The second kappa shape index (κ2) is 6.61. The number of aromatic carboxylic acids is 1. The van der Waals surface area contributed by atoms with Crippen LogP contribution in [0, 0.1) is 0 Å². The van der Waals surface area contributed by atoms with Crippen molar-refractivity contribution in [3.8, 4) is 11.5 Å². The Bertz CT molecular complexity index is 431. The van der Waals surface area contributed by atoms with Crippen LogP contribution in [0.25, 0.3) is 0 Å². The molecule has 0 radical (unpaired) electrons. The molecule has 0 fully saturated rings. The van der Waals surface area contributed by atoms with Crippen molar-refractivity contribution in [2.45, 2.75) is 20.0 Å². The van der Waals surface area contributed by atoms with Gasteiger partial charge in [0.05, 0.1) is 22.7 Å². The number of carboxylic acids is 1. The summed E-state index contributed by atoms with van der Waals surface area (Å²) < 4.78 is 11.2. The Morgan fingerprint density at radius 3 is 2.61 bits per heavy atom. The quantitative estimate of drug-likeness (QED) is 0.841. The predicted molar refractivity (Wildman–Crippen MR) is 69.4 cm³/mol. The Kier molecular flexibility index (Phi) is 5.43. The maximum Gasteiger partial charge on any atom is 0.335 e. The van der Waals surface area contributed by atoms with Gasteiger partial charge in [0.25, 0.3) is 0 Å². The van der Waals surface area contributed by atoms with Crippen molar-refractivity contribution in [3.63, 3.8) is 0 Å². The fourth-order valence-electron chi connectivity index (χ4n) is 1.30. The molecule has 0 spiro atoms. The molecule has 0 heterocycles. The molecule has 1 unspecified atom stereocenters. The second-order valence-corrected chi connectivity index (χ2v) is 4.54. The fourth-order valence-corrected chi connectivity index (χ4v) is 1.85. The van der Waals surface area contributed by atoms with Crippen LogP contribution in [0.15, 0.2) is 16.6 Å². The molecule has 2 N–H and O–H groups in total. The van der Waals surface area contributed by atoms with E-state index in [0.717, 1.165) is 0 Å². The van der Waals surface area contributed by atoms with Crippen molar-refractivity contribution >= 4 is 21.9 Å². The van der Waals surface area contributed by atoms with Crippen molar-refractivity contribution in [3.05, 3.63) is 22.2 Å². The summed E-state index contributed by atoms with van der Waals surface area (Å²) in [5, 5.41) is 18.1. The minimum absolute atomic E-state index is 0.102. The molecular weight excluding hydrogens is 304 g/mol. The summed E-state index contributed by atoms with van der Waals surface area (Å²) in [7, 11) is 0. The number of hydrogen-bond acceptors (Lipinski definition) is 4. The Hall–Kier alpha value is -1.27. The van der Waals surface area contributed by atoms with Crippen molar-refractivity contribution in [1.82, 2.24) is 0 Å². The molecule has 0 aliphatic carbocycles. The SMILES string of the molecule is CCOc1cc(C(=O)O)cc(Br)c1OCC(C)O. The molecular formula is C12H15BrO5. The van der Waals surface area contributed by atoms with Gasteiger partial charge >= 0.3 is 5.97 Å². The van der Waals surface area contributed by atoms with Gasteiger partial charge < -0.3 is 19.7 Å². The van der Waals surface area contributed by atoms with E-state index >= 15 is 0 Å². The smallest absolute Gasteiger partial charge is 0.335 e. The first kappa shape index (κ1) is 14.8. The van der Waals surface area contributed by atoms with Crippen LogP contribution in [-0.4, -0.2) is 35.5 Å². The third-order valence-corrected chi connectivity index (χ3v) is 2.61. The van der Waals surface area contributed by atoms with E-state index in [2.05, 4.69) is 15.9 Å². The van der Waals surface area contributed by atoms with Gasteiger partial charge in [-0.1, -0.05) is 0 Å². The monoisotopic (exact) mass is 318 g/mol. The molecule has 0 saturated carbocycles. The van der Waals surface area contributed by atoms with E-state index in [1.165, 1.54) is 12.1 Å². The summed E-state index contributed by atoms with van der Waals surface area (Å²) in [6.07, 6.45) is -0.620. The highest BCUT2D eigenvalue weighted by Gasteiger charge is 2.15. The highest BCUT2D eigenvalue weighted by atomic mass is 79.9. The van der Waals surface area contributed by atoms with Crippen LogP contribution in [0.3, 0.4) is 0 Å². The number of benzene rings is 1. The molecule has 0 aliphatic rings. The van der Waals surface area contributed by atoms with Crippen LogP contribution in [0.2, 0.25) is 0 Å². The molecule has 1 aromatic carbocycles. The van der Waals surface area contributed by atoms with Crippen LogP contribution in [0.4, 0.5) is 0 Å². The number of ether oxygens (including phenoxy) is 2. The maximum absolute atomic E-state index is 10.9. The van der Waals surface area contributed by atoms with Crippen molar-refractivity contribution < 1.29 is 24.5 Å². The van der Waals surface area contributed by atoms with Crippen LogP contribution in [0.5, 0.6) is 11.5 Å². The zero-order valence-corrected chi connectivity index (χ0v) is 11.7. The fraction of sp³-hybridized carbons (Fsp3) is 0.417. The number of hydrogen-bond donors (Lipinski definition) is 2. The van der Waals surface area contributed by atoms with E-state index in [0.29, 0.717) is 22.6 Å². The van der Waals surface area contributed by atoms with E-state index in [1.54, 1.807) is 13.8 Å². The van der Waals surface area contributed by atoms with Crippen LogP contribution in [0.1, 0.15) is 24.2 Å². The summed E-state index contributed by atoms with van der Waals surface area (Å²) in [5.41, 5.74) is 0.106. The van der Waals surface area contributed by atoms with Gasteiger partial charge in [-0.05, 0) is 41.9 Å². The van der Waals surface area contributed by atoms with Gasteiger partial charge in [0.1, 0.15) is 6.61 Å². The zero-order valence-electron chi connectivity index (χ0n) is 10.1. The first-order chi connectivity index (χ1) is 8.45. The minimum Gasteiger partial charge on any atom is -0.490 e. The third-order valence-electron chi connectivity index (χ3n) is 2.03. The number of carboxylic acid groups (broad SMARTS) is 1. The van der Waals surface area contributed by atoms with Crippen LogP contribution in [-0.2, 0) is 0 Å². The van der Waals surface area contributed by atoms with Gasteiger partial charge in [-0.25, -0.2) is 4.79 Å². The van der Waals surface area contributed by atoms with E-state index in [4.69, 9.17) is 14.6 Å². The van der Waals surface area contributed by atoms with Gasteiger partial charge in [-0.3, -0.25) is 0 Å². The Balaban J connectivity index is 3.09. The molecule has 0 aliphatic heterocycles. The van der Waals surface area contributed by atoms with Gasteiger partial charge in [0.2, 0.25) is 0 Å². The molecule has 1 aromatic rings. The standard InChI is InChI=1S/C12H15BrO5/c1-3-17-10-5-8(12(15)16)4-9(13)11(10)18-6-7(2)14/h4-5,7,14H,3,6H2,1-2H3,(H,15,16). The summed E-state index contributed by atoms with van der Waals surface area (Å²) in [4.78, 5) is 10.9. The molecule has 1 rings (SSSR count). The summed E-state index contributed by atoms with van der Waals surface area (Å²) in [6, 6.07) is 2.83. The van der Waals surface area contributed by atoms with E-state index in [-0.39, 0.29) is 12.2 Å². The van der Waals surface area contributed by atoms with Gasteiger partial charge in [0, 0.05) is 0 Å². The molecule has 5 nitrogen and oxygen atoms in total. The summed E-state index contributed by atoms with van der Waals surface area (Å²) in [5.74, 6) is -0.314. The second-order valence-electron chi connectivity index (χ2n) is 3.68. The Morgan fingerprint density at radius 1 is 1.44 bits per heavy atom. The maximum atomic E-state index is 10.9. The molecule has 6 heteroatoms. The van der Waals surface area contributed by atoms with Crippen LogP contribution < -0.4 is 9.47 Å². The number of halogens is 1. The summed E-state index contributed by atoms with van der Waals surface area (Å²) >= 11 is 3.24. The first-order valence-corrected chi connectivity index (χ1v) is 6.25. The van der Waals surface area contributed by atoms with Gasteiger partial charge in [-0.15, -0.1) is 0 Å². The molecule has 0 aromatic heterocycles. The lowest BCUT2D eigenvalue weighted by Gasteiger charge is -2.15. The van der Waals surface area contributed by atoms with Crippen molar-refractivity contribution in [1.29, 1.82) is 0 Å². The van der Waals surface area contributed by atoms with E-state index in [1.807, 2.05) is 0 Å². The lowest BCUT2D eigenvalue weighted by Crippen LogP contribution is -2.14. The normalized spacial score (nSPS) is 12.0. The average Bonchev–Trinajstić information content (AvgIpc) is 2.27. The van der Waals surface area contributed by atoms with E-state index in [9.17, 15) is 9.90 Å². The van der Waals surface area contributed by atoms with E-state index < -0.39 is 12.1 Å². The Morgan fingerprint density at radius 2 is 2.11 bits per heavy atom. The van der Waals surface area contributed by atoms with Gasteiger partial charge in [0.15, 0.2) is 11.5 Å². The van der Waals surface area contributed by atoms with Crippen LogP contribution >= 0.6 is 15.9 Å². The number of carbonyl (C=O) groups is 1. The number of rotatable bonds is 6. The van der Waals surface area contributed by atoms with Gasteiger partial charge in [-0.2, -0.15) is 0 Å². The highest BCUT2D eigenvalue weighted by Crippen LogP contribution is 2.37. The highest BCUT2D eigenvalue weighted by molar-refractivity contribution is 9.10. The van der Waals surface area contributed by atoms with Crippen molar-refractivity contribution in [2.24, 2.45) is 0 Å². The molecule has 0 saturated heterocycles. The predicted octanol–water partition coefficient (Wildman–Crippen LogP) is 2.31. The lowest BCUT2D eigenvalue weighted by molar-refractivity contribution is 0.0695. The number of aliphatic hydroxyl groups is 1. The first-order valence-electron chi connectivity index (χ1n) is 5.46. The topological polar surface area (TPSA) is 76.0 Å². The molecule has 100 valence electrons. The number of aliphatic hydroxyl groups excluding tert-OH is 1. The molecule has 0 bridgehead atoms. The minimum atomic E-state index is -1.04. The Labute approximate surface area is 113 Å². The van der Waals surface area contributed by atoms with Crippen molar-refractivity contribution in [2.75, 3.05) is 13.2 Å². The largest absolute Gasteiger partial charge is 0.490 e.